The SMILES string of the molecule is C.C.C.C.C.C.C.C.C.C.C.C.CCC(C)(C)C(=O)OC(C)(C)C12CC3CC(CC1C3)C2.CCC(C)(C)C(=O)OC1(C)CC2CC1C1C3CCC(C3)C21.CCC(C)(C)C(=O)OC1(C)CCC2CCCCC2C1.CCC(C)C(=O)OC(C)(C)C12CC3CC(CC1C3)C2.CCC(C)C(=O)OC1(C)CC2CC1C1C3CCC(C3)C21.CCC(C)C(=O)OC1(C)CCC2CCCCC2C1. The molecule has 0 amide bonds. The van der Waals surface area contributed by atoms with Gasteiger partial charge in [0.05, 0.1) is 34.0 Å². The number of hydrogen-bond donors (Lipinski definition) is 0. The van der Waals surface area contributed by atoms with Gasteiger partial charge in [-0.25, -0.2) is 0 Å². The zero-order valence-electron chi connectivity index (χ0n) is 79.1. The molecular weight excluding hydrogens is 1600 g/mol. The van der Waals surface area contributed by atoms with Gasteiger partial charge in [-0.1, -0.05) is 203 Å². The Morgan fingerprint density at radius 3 is 0.953 bits per heavy atom. The van der Waals surface area contributed by atoms with Crippen LogP contribution in [-0.4, -0.2) is 69.4 Å². The zero-order chi connectivity index (χ0) is 84.9. The van der Waals surface area contributed by atoms with E-state index in [-0.39, 0.29) is 198 Å². The summed E-state index contributed by atoms with van der Waals surface area (Å²) >= 11 is 0. The van der Waals surface area contributed by atoms with E-state index < -0.39 is 0 Å². The van der Waals surface area contributed by atoms with Gasteiger partial charge in [-0.15, -0.1) is 0 Å². The Morgan fingerprint density at radius 2 is 0.597 bits per heavy atom. The lowest BCUT2D eigenvalue weighted by Gasteiger charge is -2.46. The highest BCUT2D eigenvalue weighted by Gasteiger charge is 2.71. The fourth-order valence-electron chi connectivity index (χ4n) is 31.1. The fourth-order valence-corrected chi connectivity index (χ4v) is 31.1. The second kappa shape index (κ2) is 47.0. The molecule has 20 saturated carbocycles. The summed E-state index contributed by atoms with van der Waals surface area (Å²) in [7, 11) is 0. The average molecular weight is 1820 g/mol. The first kappa shape index (κ1) is 124. The lowest BCUT2D eigenvalue weighted by atomic mass is 9.65. The summed E-state index contributed by atoms with van der Waals surface area (Å²) in [5.41, 5.74) is -1.73. The Morgan fingerprint density at radius 1 is 0.295 bits per heavy atom. The van der Waals surface area contributed by atoms with Crippen molar-refractivity contribution in [2.24, 2.45) is 175 Å². The van der Waals surface area contributed by atoms with Crippen LogP contribution in [0, 0.1) is 175 Å². The van der Waals surface area contributed by atoms with Crippen LogP contribution in [0.1, 0.15) is 505 Å². The van der Waals surface area contributed by atoms with E-state index in [4.69, 9.17) is 28.4 Å². The van der Waals surface area contributed by atoms with Gasteiger partial charge in [-0.2, -0.15) is 0 Å². The molecule has 12 nitrogen and oxygen atoms in total. The van der Waals surface area contributed by atoms with Crippen LogP contribution in [0.5, 0.6) is 0 Å². The van der Waals surface area contributed by atoms with Crippen LogP contribution in [0.15, 0.2) is 0 Å². The molecule has 20 aliphatic carbocycles. The van der Waals surface area contributed by atoms with Gasteiger partial charge in [0.1, 0.15) is 33.6 Å². The highest BCUT2D eigenvalue weighted by Crippen LogP contribution is 2.74. The molecule has 16 bridgehead atoms. The normalized spacial score (nSPS) is 39.2. The number of esters is 6. The molecule has 129 heavy (non-hydrogen) atoms. The molecular formula is C117H222O12. The molecule has 20 rings (SSSR count). The van der Waals surface area contributed by atoms with E-state index in [0.29, 0.717) is 17.3 Å². The first-order valence-corrected chi connectivity index (χ1v) is 50.3. The molecule has 0 aromatic carbocycles. The Bertz CT molecular complexity index is 3460. The van der Waals surface area contributed by atoms with Crippen LogP contribution in [0.4, 0.5) is 0 Å². The molecule has 27 atom stereocenters. The Balaban J connectivity index is 0.000000760. The lowest BCUT2D eigenvalue weighted by Crippen LogP contribution is -2.49. The number of rotatable bonds is 20. The van der Waals surface area contributed by atoms with Crippen LogP contribution in [0.25, 0.3) is 0 Å². The van der Waals surface area contributed by atoms with Crippen LogP contribution < -0.4 is 0 Å². The van der Waals surface area contributed by atoms with Crippen molar-refractivity contribution in [3.8, 4) is 0 Å². The van der Waals surface area contributed by atoms with Crippen molar-refractivity contribution < 1.29 is 57.2 Å². The predicted octanol–water partition coefficient (Wildman–Crippen LogP) is 33.9. The van der Waals surface area contributed by atoms with Gasteiger partial charge in [-0.3, -0.25) is 28.8 Å². The standard InChI is InChI=1S/C19H30O2.C18H28O2.C18H30O2.C17H28O2.C17H30O2.C16H28O2.12CH4/c1-5-18(2,3)17(20)21-19(4)10-13-9-14(19)16-12-7-6-11(8-12)15(13)16;1-4-10(2)17(19)20-18(3)9-13-8-14(18)16-12-6-5-11(7-12)15(13)16;1-6-16(2,3)15(19)20-17(4,5)18-10-12-7-13(11-18)9-14(18)8-12;1-5-11(2)15(18)19-16(3,4)17-9-12-6-13(10-17)8-14(17)7-12;1-5-16(2,3)15(18)19-17(4)11-10-13-8-6-7-9-14(13)12-17;1-4-12(2)15(17)18-16(3)10-9-13-7-5-6-8-14(13)11-16;;;;;;;;;;;;/h11-16H,5-10H2,1-4H3;10-16H,4-9H2,1-3H3;12-14H,6-11H2,1-5H3;11-14H,5-10H2,1-4H3;13-14H,5-12H2,1-4H3;12-14H,4-11H2,1-3H3;12*1H4. The van der Waals surface area contributed by atoms with Crippen LogP contribution in [0.2, 0.25) is 0 Å². The molecule has 0 heterocycles. The van der Waals surface area contributed by atoms with Crippen LogP contribution >= 0.6 is 0 Å². The second-order valence-electron chi connectivity index (χ2n) is 48.7. The number of ether oxygens (including phenoxy) is 6. The summed E-state index contributed by atoms with van der Waals surface area (Å²) < 4.78 is 36.1. The first-order chi connectivity index (χ1) is 54.9. The van der Waals surface area contributed by atoms with Crippen molar-refractivity contribution >= 4 is 35.8 Å². The summed E-state index contributed by atoms with van der Waals surface area (Å²) in [5, 5.41) is 0. The zero-order valence-corrected chi connectivity index (χ0v) is 79.1. The smallest absolute Gasteiger partial charge is 0.312 e. The molecule has 0 spiro atoms. The van der Waals surface area contributed by atoms with Gasteiger partial charge < -0.3 is 28.4 Å². The monoisotopic (exact) mass is 1820 g/mol. The van der Waals surface area contributed by atoms with E-state index in [1.165, 1.54) is 180 Å². The van der Waals surface area contributed by atoms with Crippen molar-refractivity contribution in [3.63, 3.8) is 0 Å². The maximum Gasteiger partial charge on any atom is 0.312 e. The Hall–Kier alpha value is -3.18. The number of carbonyl (C=O) groups is 6. The molecule has 0 N–H and O–H groups in total. The highest BCUT2D eigenvalue weighted by atomic mass is 16.6. The average Bonchev–Trinajstić information content (AvgIpc) is 1.56. The van der Waals surface area contributed by atoms with Crippen LogP contribution in [-0.2, 0) is 57.2 Å². The minimum absolute atomic E-state index is 0. The lowest BCUT2D eigenvalue weighted by molar-refractivity contribution is -0.185. The van der Waals surface area contributed by atoms with E-state index in [0.717, 1.165) is 195 Å². The van der Waals surface area contributed by atoms with Gasteiger partial charge in [-0.05, 0) is 421 Å². The number of fused-ring (bicyclic) bond motifs is 20. The molecule has 762 valence electrons. The second-order valence-corrected chi connectivity index (χ2v) is 48.7. The summed E-state index contributed by atoms with van der Waals surface area (Å²) in [6.45, 7) is 47.8. The Kier molecular flexibility index (Phi) is 45.1. The van der Waals surface area contributed by atoms with Crippen molar-refractivity contribution in [3.05, 3.63) is 0 Å². The van der Waals surface area contributed by atoms with E-state index in [9.17, 15) is 28.8 Å². The molecule has 0 saturated heterocycles. The van der Waals surface area contributed by atoms with Crippen molar-refractivity contribution in [2.45, 2.75) is 539 Å². The minimum Gasteiger partial charge on any atom is -0.459 e. The molecule has 12 heteroatoms. The molecule has 0 aliphatic heterocycles. The van der Waals surface area contributed by atoms with E-state index >= 15 is 0 Å². The van der Waals surface area contributed by atoms with Gasteiger partial charge in [0.25, 0.3) is 0 Å². The molecule has 20 aliphatic rings. The molecule has 0 aromatic heterocycles. The molecule has 0 aromatic rings. The molecule has 0 radical (unpaired) electrons. The quantitative estimate of drug-likeness (QED) is 0.0646. The number of hydrogen-bond acceptors (Lipinski definition) is 12. The predicted molar refractivity (Wildman–Crippen MR) is 548 cm³/mol. The maximum absolute atomic E-state index is 12.6. The third-order valence-electron chi connectivity index (χ3n) is 39.5. The topological polar surface area (TPSA) is 158 Å². The molecule has 27 unspecified atom stereocenters. The summed E-state index contributed by atoms with van der Waals surface area (Å²) in [4.78, 5) is 73.8. The summed E-state index contributed by atoms with van der Waals surface area (Å²) in [6, 6.07) is 0. The van der Waals surface area contributed by atoms with Crippen LogP contribution in [0.3, 0.4) is 0 Å². The van der Waals surface area contributed by atoms with Crippen molar-refractivity contribution in [1.29, 1.82) is 0 Å². The summed E-state index contributed by atoms with van der Waals surface area (Å²) in [6.07, 6.45) is 50.4. The Labute approximate surface area is 802 Å². The van der Waals surface area contributed by atoms with E-state index in [2.05, 4.69) is 90.0 Å². The highest BCUT2D eigenvalue weighted by molar-refractivity contribution is 5.78. The van der Waals surface area contributed by atoms with Gasteiger partial charge in [0.2, 0.25) is 0 Å². The van der Waals surface area contributed by atoms with Gasteiger partial charge in [0.15, 0.2) is 0 Å². The number of carbonyl (C=O) groups excluding carboxylic acids is 6. The summed E-state index contributed by atoms with van der Waals surface area (Å²) in [5.74, 6) is 19.6. The largest absolute Gasteiger partial charge is 0.459 e. The van der Waals surface area contributed by atoms with Gasteiger partial charge in [0, 0.05) is 22.7 Å². The third kappa shape index (κ3) is 24.4. The van der Waals surface area contributed by atoms with Gasteiger partial charge >= 0.3 is 35.8 Å². The minimum atomic E-state index is -0.358. The fraction of sp³-hybridized carbons (Fsp3) is 0.949. The first-order valence-electron chi connectivity index (χ1n) is 50.3. The molecule has 20 fully saturated rings. The maximum atomic E-state index is 12.6. The van der Waals surface area contributed by atoms with Crippen molar-refractivity contribution in [2.75, 3.05) is 0 Å². The van der Waals surface area contributed by atoms with E-state index in [1.54, 1.807) is 0 Å². The van der Waals surface area contributed by atoms with E-state index in [1.807, 2.05) is 69.2 Å². The third-order valence-corrected chi connectivity index (χ3v) is 39.5. The van der Waals surface area contributed by atoms with Crippen molar-refractivity contribution in [1.82, 2.24) is 0 Å².